The van der Waals surface area contributed by atoms with Gasteiger partial charge in [0.1, 0.15) is 30.9 Å². The first-order chi connectivity index (χ1) is 10.7. The van der Waals surface area contributed by atoms with Gasteiger partial charge >= 0.3 is 0 Å². The smallest absolute Gasteiger partial charge is 0.139 e. The first-order valence-corrected chi connectivity index (χ1v) is 11.3. The van der Waals surface area contributed by atoms with Crippen LogP contribution in [0, 0.1) is 0 Å². The second-order valence-electron chi connectivity index (χ2n) is 4.91. The van der Waals surface area contributed by atoms with Gasteiger partial charge in [0.15, 0.2) is 0 Å². The van der Waals surface area contributed by atoms with Crippen molar-refractivity contribution in [3.63, 3.8) is 0 Å². The molecule has 1 aromatic carbocycles. The van der Waals surface area contributed by atoms with E-state index in [1.54, 1.807) is 0 Å². The lowest BCUT2D eigenvalue weighted by molar-refractivity contribution is -0.0820. The summed E-state index contributed by atoms with van der Waals surface area (Å²) in [6.45, 7) is 10.8. The molecule has 22 heavy (non-hydrogen) atoms. The molecule has 0 aromatic heterocycles. The van der Waals surface area contributed by atoms with Crippen molar-refractivity contribution >= 4 is 29.4 Å². The molecule has 4 nitrogen and oxygen atoms in total. The number of benzene rings is 1. The van der Waals surface area contributed by atoms with Crippen molar-refractivity contribution in [2.75, 3.05) is 26.4 Å². The molecule has 0 aliphatic rings. The lowest BCUT2D eigenvalue weighted by atomic mass is 10.4. The number of hydrogen-bond acceptors (Lipinski definition) is 4. The highest BCUT2D eigenvalue weighted by atomic mass is 28.2. The van der Waals surface area contributed by atoms with E-state index in [9.17, 15) is 0 Å². The molecule has 0 heterocycles. The Morgan fingerprint density at radius 1 is 0.636 bits per heavy atom. The molecule has 0 saturated carbocycles. The third kappa shape index (κ3) is 7.66. The Hall–Kier alpha value is -0.506. The molecule has 0 bridgehead atoms. The van der Waals surface area contributed by atoms with E-state index in [-0.39, 0.29) is 11.8 Å². The SMILES string of the molecule is CCOC(OCC)[SiH2]c1ccc([SiH2]C(OCC)OCC)cc1. The molecule has 0 unspecified atom stereocenters. The fourth-order valence-electron chi connectivity index (χ4n) is 2.27. The Labute approximate surface area is 139 Å². The molecule has 126 valence electrons. The number of ether oxygens (including phenoxy) is 4. The maximum atomic E-state index is 5.65. The summed E-state index contributed by atoms with van der Waals surface area (Å²) in [5.41, 5.74) is 0. The highest BCUT2D eigenvalue weighted by Gasteiger charge is 2.12. The van der Waals surface area contributed by atoms with E-state index in [1.165, 1.54) is 10.4 Å². The highest BCUT2D eigenvalue weighted by molar-refractivity contribution is 6.56. The summed E-state index contributed by atoms with van der Waals surface area (Å²) >= 11 is 0. The van der Waals surface area contributed by atoms with Gasteiger partial charge in [-0.05, 0) is 27.7 Å². The maximum absolute atomic E-state index is 5.65. The van der Waals surface area contributed by atoms with Crippen LogP contribution in [0.3, 0.4) is 0 Å². The van der Waals surface area contributed by atoms with Crippen molar-refractivity contribution in [2.24, 2.45) is 0 Å². The van der Waals surface area contributed by atoms with Crippen molar-refractivity contribution in [3.05, 3.63) is 24.3 Å². The van der Waals surface area contributed by atoms with Gasteiger partial charge < -0.3 is 18.9 Å². The van der Waals surface area contributed by atoms with Crippen molar-refractivity contribution < 1.29 is 18.9 Å². The quantitative estimate of drug-likeness (QED) is 0.395. The minimum absolute atomic E-state index is 0.0160. The topological polar surface area (TPSA) is 36.9 Å². The largest absolute Gasteiger partial charge is 0.357 e. The van der Waals surface area contributed by atoms with Crippen LogP contribution >= 0.6 is 0 Å². The third-order valence-corrected chi connectivity index (χ3v) is 6.73. The average molecular weight is 343 g/mol. The van der Waals surface area contributed by atoms with E-state index in [0.717, 1.165) is 0 Å². The van der Waals surface area contributed by atoms with Crippen LogP contribution in [-0.4, -0.2) is 57.3 Å². The van der Waals surface area contributed by atoms with Crippen LogP contribution in [0.4, 0.5) is 0 Å². The number of rotatable bonds is 12. The molecule has 6 heteroatoms. The van der Waals surface area contributed by atoms with Gasteiger partial charge in [-0.25, -0.2) is 0 Å². The number of hydrogen-bond donors (Lipinski definition) is 0. The summed E-state index contributed by atoms with van der Waals surface area (Å²) in [6.07, 6.45) is 0. The first-order valence-electron chi connectivity index (χ1n) is 8.27. The normalized spacial score (nSPS) is 12.6. The molecule has 0 radical (unpaired) electrons. The van der Waals surface area contributed by atoms with Gasteiger partial charge in [0, 0.05) is 26.4 Å². The Bertz CT molecular complexity index is 337. The van der Waals surface area contributed by atoms with Gasteiger partial charge in [0.05, 0.1) is 0 Å². The molecule has 1 aromatic rings. The lowest BCUT2D eigenvalue weighted by Gasteiger charge is -2.18. The fraction of sp³-hybridized carbons (Fsp3) is 0.625. The standard InChI is InChI=1S/C16H30O4Si2/c1-5-17-15(18-6-2)21-13-9-11-14(12-10-13)22-16(19-7-3)20-8-4/h9-12,15-16H,5-8,21-22H2,1-4H3. The molecule has 0 aliphatic carbocycles. The van der Waals surface area contributed by atoms with Crippen LogP contribution in [0.2, 0.25) is 0 Å². The Balaban J connectivity index is 2.57. The molecule has 0 N–H and O–H groups in total. The first kappa shape index (κ1) is 19.5. The van der Waals surface area contributed by atoms with Crippen molar-refractivity contribution in [2.45, 2.75) is 39.5 Å². The van der Waals surface area contributed by atoms with Crippen LogP contribution in [0.15, 0.2) is 24.3 Å². The summed E-state index contributed by atoms with van der Waals surface area (Å²) in [5, 5.41) is 2.74. The molecule has 0 aliphatic heterocycles. The highest BCUT2D eigenvalue weighted by Crippen LogP contribution is 1.96. The molecule has 0 spiro atoms. The fourth-order valence-corrected chi connectivity index (χ4v) is 5.47. The van der Waals surface area contributed by atoms with E-state index < -0.39 is 19.0 Å². The molecular formula is C16H30O4Si2. The zero-order valence-electron chi connectivity index (χ0n) is 14.3. The average Bonchev–Trinajstić information content (AvgIpc) is 2.50. The molecule has 0 saturated heterocycles. The monoisotopic (exact) mass is 342 g/mol. The van der Waals surface area contributed by atoms with Crippen LogP contribution in [0.25, 0.3) is 0 Å². The minimum atomic E-state index is -0.573. The predicted molar refractivity (Wildman–Crippen MR) is 96.9 cm³/mol. The maximum Gasteiger partial charge on any atom is 0.139 e. The van der Waals surface area contributed by atoms with Crippen molar-refractivity contribution in [1.82, 2.24) is 0 Å². The van der Waals surface area contributed by atoms with Gasteiger partial charge in [-0.3, -0.25) is 0 Å². The lowest BCUT2D eigenvalue weighted by Crippen LogP contribution is -2.36. The van der Waals surface area contributed by atoms with Crippen LogP contribution in [-0.2, 0) is 18.9 Å². The van der Waals surface area contributed by atoms with E-state index >= 15 is 0 Å². The van der Waals surface area contributed by atoms with E-state index in [2.05, 4.69) is 24.3 Å². The Morgan fingerprint density at radius 3 is 1.14 bits per heavy atom. The van der Waals surface area contributed by atoms with Crippen molar-refractivity contribution in [1.29, 1.82) is 0 Å². The zero-order chi connectivity index (χ0) is 16.2. The van der Waals surface area contributed by atoms with Gasteiger partial charge in [-0.2, -0.15) is 0 Å². The predicted octanol–water partition coefficient (Wildman–Crippen LogP) is -0.0120. The summed E-state index contributed by atoms with van der Waals surface area (Å²) in [6, 6.07) is 8.87. The molecule has 1 rings (SSSR count). The van der Waals surface area contributed by atoms with Gasteiger partial charge in [0.25, 0.3) is 0 Å². The van der Waals surface area contributed by atoms with E-state index in [4.69, 9.17) is 18.9 Å². The second-order valence-corrected chi connectivity index (χ2v) is 8.69. The van der Waals surface area contributed by atoms with E-state index in [0.29, 0.717) is 26.4 Å². The Kier molecular flexibility index (Phi) is 10.6. The molecule has 0 fully saturated rings. The Morgan fingerprint density at radius 2 is 0.909 bits per heavy atom. The summed E-state index contributed by atoms with van der Waals surface area (Å²) in [5.74, 6) is -0.0321. The summed E-state index contributed by atoms with van der Waals surface area (Å²) in [4.78, 5) is 0. The van der Waals surface area contributed by atoms with Gasteiger partial charge in [-0.1, -0.05) is 34.6 Å². The zero-order valence-corrected chi connectivity index (χ0v) is 17.2. The molecule has 0 amide bonds. The minimum Gasteiger partial charge on any atom is -0.357 e. The van der Waals surface area contributed by atoms with Crippen LogP contribution in [0.1, 0.15) is 27.7 Å². The molecular weight excluding hydrogens is 312 g/mol. The summed E-state index contributed by atoms with van der Waals surface area (Å²) < 4.78 is 22.6. The summed E-state index contributed by atoms with van der Waals surface area (Å²) in [7, 11) is -1.15. The van der Waals surface area contributed by atoms with Crippen LogP contribution in [0.5, 0.6) is 0 Å². The van der Waals surface area contributed by atoms with Crippen LogP contribution < -0.4 is 10.4 Å². The second kappa shape index (κ2) is 12.0. The van der Waals surface area contributed by atoms with Crippen molar-refractivity contribution in [3.8, 4) is 0 Å². The third-order valence-electron chi connectivity index (χ3n) is 3.24. The van der Waals surface area contributed by atoms with Gasteiger partial charge in [-0.15, -0.1) is 0 Å². The van der Waals surface area contributed by atoms with E-state index in [1.807, 2.05) is 27.7 Å². The van der Waals surface area contributed by atoms with Gasteiger partial charge in [0.2, 0.25) is 0 Å². The molecule has 0 atom stereocenters.